The van der Waals surface area contributed by atoms with E-state index in [2.05, 4.69) is 9.97 Å². The number of halogens is 1. The Morgan fingerprint density at radius 3 is 2.79 bits per heavy atom. The molecule has 72 valence electrons. The molecule has 2 nitrogen and oxygen atoms in total. The second-order valence-electron chi connectivity index (χ2n) is 3.27. The molecule has 0 saturated carbocycles. The molecule has 0 fully saturated rings. The van der Waals surface area contributed by atoms with Gasteiger partial charge in [0.1, 0.15) is 10.5 Å². The third-order valence-corrected chi connectivity index (χ3v) is 2.61. The van der Waals surface area contributed by atoms with Gasteiger partial charge in [0.2, 0.25) is 0 Å². The number of rotatable bonds is 0. The van der Waals surface area contributed by atoms with Gasteiger partial charge in [-0.1, -0.05) is 23.8 Å². The molecule has 0 spiro atoms. The molecule has 1 N–H and O–H groups in total. The summed E-state index contributed by atoms with van der Waals surface area (Å²) in [6, 6.07) is 3.76. The Kier molecular flexibility index (Phi) is 2.29. The summed E-state index contributed by atoms with van der Waals surface area (Å²) in [5, 5.41) is 1.70. The topological polar surface area (TPSA) is 28.7 Å². The number of hydrogen-bond donors (Lipinski definition) is 1. The summed E-state index contributed by atoms with van der Waals surface area (Å²) < 4.78 is 0.630. The van der Waals surface area contributed by atoms with Crippen molar-refractivity contribution in [1.82, 2.24) is 9.97 Å². The summed E-state index contributed by atoms with van der Waals surface area (Å²) in [5.41, 5.74) is 2.01. The van der Waals surface area contributed by atoms with Crippen LogP contribution in [0, 0.1) is 18.5 Å². The highest BCUT2D eigenvalue weighted by molar-refractivity contribution is 7.71. The first-order chi connectivity index (χ1) is 6.58. The van der Waals surface area contributed by atoms with Crippen LogP contribution in [0.15, 0.2) is 12.1 Å². The van der Waals surface area contributed by atoms with Crippen LogP contribution in [0.4, 0.5) is 0 Å². The molecule has 0 aliphatic rings. The second-order valence-corrected chi connectivity index (χ2v) is 4.10. The van der Waals surface area contributed by atoms with E-state index in [1.807, 2.05) is 26.0 Å². The monoisotopic (exact) mass is 224 g/mol. The molecule has 4 heteroatoms. The van der Waals surface area contributed by atoms with Gasteiger partial charge in [0.25, 0.3) is 0 Å². The quantitative estimate of drug-likeness (QED) is 0.694. The number of aromatic nitrogens is 2. The van der Waals surface area contributed by atoms with Crippen LogP contribution >= 0.6 is 23.8 Å². The van der Waals surface area contributed by atoms with Crippen LogP contribution in [-0.4, -0.2) is 9.97 Å². The standard InChI is InChI=1S/C10H9ClN2S/c1-5-3-7(11)4-8-9(5)10(14)13-6(2)12-8/h3-4H,1-2H3,(H,12,13,14). The van der Waals surface area contributed by atoms with Crippen LogP contribution in [0.3, 0.4) is 0 Å². The first-order valence-corrected chi connectivity index (χ1v) is 5.03. The van der Waals surface area contributed by atoms with Gasteiger partial charge in [0, 0.05) is 10.4 Å². The molecule has 0 saturated heterocycles. The minimum absolute atomic E-state index is 0.630. The summed E-state index contributed by atoms with van der Waals surface area (Å²) in [7, 11) is 0. The van der Waals surface area contributed by atoms with Crippen molar-refractivity contribution < 1.29 is 0 Å². The Morgan fingerprint density at radius 2 is 2.07 bits per heavy atom. The zero-order chi connectivity index (χ0) is 10.3. The molecule has 1 aromatic heterocycles. The lowest BCUT2D eigenvalue weighted by atomic mass is 10.1. The molecule has 1 heterocycles. The highest BCUT2D eigenvalue weighted by Crippen LogP contribution is 2.22. The summed E-state index contributed by atoms with van der Waals surface area (Å²) >= 11 is 11.2. The van der Waals surface area contributed by atoms with Crippen LogP contribution in [0.1, 0.15) is 11.4 Å². The smallest absolute Gasteiger partial charge is 0.137 e. The van der Waals surface area contributed by atoms with Crippen LogP contribution in [0.5, 0.6) is 0 Å². The SMILES string of the molecule is Cc1nc(=S)c2c(C)cc(Cl)cc2[nH]1. The van der Waals surface area contributed by atoms with E-state index in [0.717, 1.165) is 22.3 Å². The molecular weight excluding hydrogens is 216 g/mol. The number of benzene rings is 1. The highest BCUT2D eigenvalue weighted by atomic mass is 35.5. The van der Waals surface area contributed by atoms with Crippen molar-refractivity contribution in [2.45, 2.75) is 13.8 Å². The van der Waals surface area contributed by atoms with Gasteiger partial charge in [-0.15, -0.1) is 0 Å². The van der Waals surface area contributed by atoms with Crippen molar-refractivity contribution in [2.24, 2.45) is 0 Å². The predicted molar refractivity (Wildman–Crippen MR) is 61.4 cm³/mol. The number of hydrogen-bond acceptors (Lipinski definition) is 2. The Morgan fingerprint density at radius 1 is 1.36 bits per heavy atom. The zero-order valence-electron chi connectivity index (χ0n) is 7.89. The number of nitrogens with one attached hydrogen (secondary N) is 1. The summed E-state index contributed by atoms with van der Waals surface area (Å²) in [5.74, 6) is 0.809. The minimum Gasteiger partial charge on any atom is -0.343 e. The lowest BCUT2D eigenvalue weighted by Gasteiger charge is -2.04. The van der Waals surface area contributed by atoms with Gasteiger partial charge >= 0.3 is 0 Å². The zero-order valence-corrected chi connectivity index (χ0v) is 9.46. The van der Waals surface area contributed by atoms with E-state index in [4.69, 9.17) is 23.8 Å². The van der Waals surface area contributed by atoms with E-state index in [1.165, 1.54) is 0 Å². The molecular formula is C10H9ClN2S. The van der Waals surface area contributed by atoms with Gasteiger partial charge in [-0.25, -0.2) is 4.98 Å². The van der Waals surface area contributed by atoms with Crippen LogP contribution in [-0.2, 0) is 0 Å². The van der Waals surface area contributed by atoms with Crippen molar-refractivity contribution in [3.8, 4) is 0 Å². The highest BCUT2D eigenvalue weighted by Gasteiger charge is 2.03. The first kappa shape index (κ1) is 9.62. The fourth-order valence-corrected chi connectivity index (χ4v) is 2.24. The Labute approximate surface area is 91.9 Å². The van der Waals surface area contributed by atoms with E-state index in [0.29, 0.717) is 9.66 Å². The summed E-state index contributed by atoms with van der Waals surface area (Å²) in [6.07, 6.45) is 0. The molecule has 0 unspecified atom stereocenters. The van der Waals surface area contributed by atoms with Gasteiger partial charge in [0.15, 0.2) is 0 Å². The van der Waals surface area contributed by atoms with Gasteiger partial charge in [-0.3, -0.25) is 0 Å². The van der Waals surface area contributed by atoms with Crippen molar-refractivity contribution in [1.29, 1.82) is 0 Å². The van der Waals surface area contributed by atoms with Gasteiger partial charge < -0.3 is 4.98 Å². The number of H-pyrrole nitrogens is 1. The lowest BCUT2D eigenvalue weighted by Crippen LogP contribution is -1.91. The molecule has 0 amide bonds. The molecule has 2 aromatic rings. The molecule has 1 aromatic carbocycles. The first-order valence-electron chi connectivity index (χ1n) is 4.25. The van der Waals surface area contributed by atoms with Gasteiger partial charge in [-0.2, -0.15) is 0 Å². The maximum absolute atomic E-state index is 5.95. The van der Waals surface area contributed by atoms with Crippen molar-refractivity contribution in [3.63, 3.8) is 0 Å². The van der Waals surface area contributed by atoms with Crippen molar-refractivity contribution in [2.75, 3.05) is 0 Å². The molecule has 0 aliphatic carbocycles. The molecule has 2 rings (SSSR count). The predicted octanol–water partition coefficient (Wildman–Crippen LogP) is 3.56. The molecule has 0 aliphatic heterocycles. The lowest BCUT2D eigenvalue weighted by molar-refractivity contribution is 1.08. The maximum Gasteiger partial charge on any atom is 0.137 e. The van der Waals surface area contributed by atoms with E-state index in [1.54, 1.807) is 0 Å². The second kappa shape index (κ2) is 3.33. The van der Waals surface area contributed by atoms with E-state index in [9.17, 15) is 0 Å². The normalized spacial score (nSPS) is 10.8. The number of nitrogens with zero attached hydrogens (tertiary/aromatic N) is 1. The average molecular weight is 225 g/mol. The van der Waals surface area contributed by atoms with Crippen molar-refractivity contribution in [3.05, 3.63) is 33.2 Å². The molecule has 0 bridgehead atoms. The molecule has 0 atom stereocenters. The Balaban J connectivity index is 3.02. The van der Waals surface area contributed by atoms with Gasteiger partial charge in [0.05, 0.1) is 5.52 Å². The van der Waals surface area contributed by atoms with E-state index >= 15 is 0 Å². The van der Waals surface area contributed by atoms with Crippen LogP contribution < -0.4 is 0 Å². The number of aryl methyl sites for hydroxylation is 2. The van der Waals surface area contributed by atoms with Crippen molar-refractivity contribution >= 4 is 34.7 Å². The molecule has 14 heavy (non-hydrogen) atoms. The number of aromatic amines is 1. The summed E-state index contributed by atoms with van der Waals surface area (Å²) in [6.45, 7) is 3.86. The largest absolute Gasteiger partial charge is 0.343 e. The third-order valence-electron chi connectivity index (χ3n) is 2.10. The van der Waals surface area contributed by atoms with E-state index in [-0.39, 0.29) is 0 Å². The summed E-state index contributed by atoms with van der Waals surface area (Å²) in [4.78, 5) is 7.36. The fraction of sp³-hybridized carbons (Fsp3) is 0.200. The maximum atomic E-state index is 5.95. The Hall–Kier alpha value is -0.930. The van der Waals surface area contributed by atoms with E-state index < -0.39 is 0 Å². The van der Waals surface area contributed by atoms with Gasteiger partial charge in [-0.05, 0) is 31.5 Å². The van der Waals surface area contributed by atoms with Crippen LogP contribution in [0.25, 0.3) is 10.9 Å². The number of fused-ring (bicyclic) bond motifs is 1. The average Bonchev–Trinajstić information content (AvgIpc) is 1.99. The minimum atomic E-state index is 0.630. The Bertz CT molecular complexity index is 555. The molecule has 0 radical (unpaired) electrons. The third kappa shape index (κ3) is 1.53. The van der Waals surface area contributed by atoms with Crippen LogP contribution in [0.2, 0.25) is 5.02 Å². The fourth-order valence-electron chi connectivity index (χ4n) is 1.56.